The molecule has 0 unspecified atom stereocenters. The monoisotopic (exact) mass is 256 g/mol. The van der Waals surface area contributed by atoms with Crippen molar-refractivity contribution < 1.29 is 8.42 Å². The number of nitrogens with one attached hydrogen (secondary N) is 2. The van der Waals surface area contributed by atoms with Crippen LogP contribution >= 0.6 is 0 Å². The van der Waals surface area contributed by atoms with Gasteiger partial charge in [0, 0.05) is 12.6 Å². The van der Waals surface area contributed by atoms with Crippen molar-refractivity contribution in [3.8, 4) is 0 Å². The van der Waals surface area contributed by atoms with Gasteiger partial charge < -0.3 is 5.32 Å². The lowest BCUT2D eigenvalue weighted by molar-refractivity contribution is 0.585. The molecule has 96 valence electrons. The van der Waals surface area contributed by atoms with Crippen LogP contribution in [0.4, 0.5) is 0 Å². The molecule has 0 aliphatic rings. The molecule has 1 aromatic rings. The predicted molar refractivity (Wildman–Crippen MR) is 70.1 cm³/mol. The van der Waals surface area contributed by atoms with Crippen LogP contribution in [0.1, 0.15) is 25.0 Å². The second-order valence-corrected chi connectivity index (χ2v) is 6.25. The molecule has 0 fully saturated rings. The molecule has 1 rings (SSSR count). The highest BCUT2D eigenvalue weighted by Crippen LogP contribution is 2.08. The maximum atomic E-state index is 11.4. The van der Waals surface area contributed by atoms with Gasteiger partial charge in [0.25, 0.3) is 0 Å². The molecular formula is C12H20N2O2S. The topological polar surface area (TPSA) is 58.2 Å². The number of benzene rings is 1. The normalized spacial score (nSPS) is 12.0. The lowest BCUT2D eigenvalue weighted by Crippen LogP contribution is -2.22. The lowest BCUT2D eigenvalue weighted by Gasteiger charge is -2.09. The largest absolute Gasteiger partial charge is 0.310 e. The number of hydrogen-bond acceptors (Lipinski definition) is 3. The molecular weight excluding hydrogens is 236 g/mol. The fourth-order valence-electron chi connectivity index (χ4n) is 1.44. The van der Waals surface area contributed by atoms with Crippen LogP contribution in [0.15, 0.2) is 24.3 Å². The molecule has 0 spiro atoms. The van der Waals surface area contributed by atoms with Gasteiger partial charge in [-0.05, 0) is 18.2 Å². The van der Waals surface area contributed by atoms with Crippen molar-refractivity contribution >= 4 is 10.0 Å². The van der Waals surface area contributed by atoms with Crippen LogP contribution in [0.5, 0.6) is 0 Å². The maximum Gasteiger partial charge on any atom is 0.215 e. The summed E-state index contributed by atoms with van der Waals surface area (Å²) < 4.78 is 25.2. The zero-order valence-electron chi connectivity index (χ0n) is 10.5. The van der Waals surface area contributed by atoms with Gasteiger partial charge in [-0.1, -0.05) is 38.1 Å². The molecule has 0 aliphatic carbocycles. The molecule has 17 heavy (non-hydrogen) atoms. The Hall–Kier alpha value is -0.910. The van der Waals surface area contributed by atoms with Crippen LogP contribution in [0.2, 0.25) is 0 Å². The van der Waals surface area contributed by atoms with E-state index < -0.39 is 10.0 Å². The van der Waals surface area contributed by atoms with Crippen molar-refractivity contribution in [2.24, 2.45) is 0 Å². The summed E-state index contributed by atoms with van der Waals surface area (Å²) in [6, 6.07) is 8.04. The van der Waals surface area contributed by atoms with Gasteiger partial charge >= 0.3 is 0 Å². The van der Waals surface area contributed by atoms with Crippen LogP contribution in [0, 0.1) is 0 Å². The van der Waals surface area contributed by atoms with Crippen molar-refractivity contribution in [1.82, 2.24) is 10.0 Å². The minimum absolute atomic E-state index is 0.0268. The van der Waals surface area contributed by atoms with Gasteiger partial charge in [0.2, 0.25) is 10.0 Å². The van der Waals surface area contributed by atoms with Crippen molar-refractivity contribution in [3.63, 3.8) is 0 Å². The first kappa shape index (κ1) is 14.2. The minimum atomic E-state index is -3.19. The fourth-order valence-corrected chi connectivity index (χ4v) is 2.21. The molecule has 0 radical (unpaired) electrons. The average Bonchev–Trinajstić information content (AvgIpc) is 2.26. The van der Waals surface area contributed by atoms with E-state index in [-0.39, 0.29) is 5.75 Å². The van der Waals surface area contributed by atoms with E-state index in [4.69, 9.17) is 0 Å². The predicted octanol–water partition coefficient (Wildman–Crippen LogP) is 1.23. The Labute approximate surface area is 103 Å². The smallest absolute Gasteiger partial charge is 0.215 e. The highest BCUT2D eigenvalue weighted by Gasteiger charge is 2.08. The summed E-state index contributed by atoms with van der Waals surface area (Å²) in [5, 5.41) is 3.30. The lowest BCUT2D eigenvalue weighted by atomic mass is 10.1. The summed E-state index contributed by atoms with van der Waals surface area (Å²) in [6.45, 7) is 4.91. The summed E-state index contributed by atoms with van der Waals surface area (Å²) in [5.41, 5.74) is 1.91. The molecule has 4 nitrogen and oxygen atoms in total. The van der Waals surface area contributed by atoms with Gasteiger partial charge in [0.05, 0.1) is 5.75 Å². The molecule has 0 heterocycles. The summed E-state index contributed by atoms with van der Waals surface area (Å²) in [5.74, 6) is 0.0268. The van der Waals surface area contributed by atoms with Gasteiger partial charge in [0.1, 0.15) is 0 Å². The molecule has 0 saturated carbocycles. The summed E-state index contributed by atoms with van der Waals surface area (Å²) in [4.78, 5) is 0. The highest BCUT2D eigenvalue weighted by atomic mass is 32.2. The fraction of sp³-hybridized carbons (Fsp3) is 0.500. The Balaban J connectivity index is 2.72. The maximum absolute atomic E-state index is 11.4. The summed E-state index contributed by atoms with van der Waals surface area (Å²) in [6.07, 6.45) is 0. The molecule has 0 bridgehead atoms. The van der Waals surface area contributed by atoms with Crippen molar-refractivity contribution in [2.75, 3.05) is 7.05 Å². The number of rotatable bonds is 6. The van der Waals surface area contributed by atoms with Gasteiger partial charge in [-0.3, -0.25) is 0 Å². The molecule has 0 atom stereocenters. The molecule has 0 saturated heterocycles. The first-order chi connectivity index (χ1) is 7.93. The van der Waals surface area contributed by atoms with Crippen LogP contribution in [-0.2, 0) is 22.3 Å². The Morgan fingerprint density at radius 3 is 2.47 bits per heavy atom. The SMILES string of the molecule is CNS(=O)(=O)Cc1cccc(CNC(C)C)c1. The van der Waals surface area contributed by atoms with E-state index in [1.807, 2.05) is 24.3 Å². The van der Waals surface area contributed by atoms with E-state index >= 15 is 0 Å². The average molecular weight is 256 g/mol. The van der Waals surface area contributed by atoms with E-state index in [0.29, 0.717) is 6.04 Å². The third-order valence-electron chi connectivity index (χ3n) is 2.37. The minimum Gasteiger partial charge on any atom is -0.310 e. The van der Waals surface area contributed by atoms with Crippen molar-refractivity contribution in [1.29, 1.82) is 0 Å². The quantitative estimate of drug-likeness (QED) is 0.805. The van der Waals surface area contributed by atoms with Crippen LogP contribution in [-0.4, -0.2) is 21.5 Å². The third-order valence-corrected chi connectivity index (χ3v) is 3.71. The zero-order chi connectivity index (χ0) is 12.9. The van der Waals surface area contributed by atoms with E-state index in [9.17, 15) is 8.42 Å². The summed E-state index contributed by atoms with van der Waals surface area (Å²) in [7, 11) is -1.76. The van der Waals surface area contributed by atoms with E-state index in [1.165, 1.54) is 7.05 Å². The molecule has 0 amide bonds. The first-order valence-corrected chi connectivity index (χ1v) is 7.30. The molecule has 0 aromatic heterocycles. The van der Waals surface area contributed by atoms with E-state index in [1.54, 1.807) is 0 Å². The standard InChI is InChI=1S/C12H20N2O2S/c1-10(2)14-8-11-5-4-6-12(7-11)9-17(15,16)13-3/h4-7,10,13-14H,8-9H2,1-3H3. The summed E-state index contributed by atoms with van der Waals surface area (Å²) >= 11 is 0. The van der Waals surface area contributed by atoms with E-state index in [2.05, 4.69) is 23.9 Å². The molecule has 0 aliphatic heterocycles. The van der Waals surface area contributed by atoms with Crippen LogP contribution < -0.4 is 10.0 Å². The van der Waals surface area contributed by atoms with Crippen molar-refractivity contribution in [3.05, 3.63) is 35.4 Å². The number of sulfonamides is 1. The van der Waals surface area contributed by atoms with E-state index in [0.717, 1.165) is 17.7 Å². The Morgan fingerprint density at radius 1 is 1.24 bits per heavy atom. The Morgan fingerprint density at radius 2 is 1.88 bits per heavy atom. The molecule has 2 N–H and O–H groups in total. The third kappa shape index (κ3) is 5.30. The van der Waals surface area contributed by atoms with Gasteiger partial charge in [-0.25, -0.2) is 13.1 Å². The second-order valence-electron chi connectivity index (χ2n) is 4.32. The molecule has 5 heteroatoms. The zero-order valence-corrected chi connectivity index (χ0v) is 11.3. The van der Waals surface area contributed by atoms with Crippen LogP contribution in [0.3, 0.4) is 0 Å². The van der Waals surface area contributed by atoms with Gasteiger partial charge in [0.15, 0.2) is 0 Å². The Kier molecular flexibility index (Phi) is 5.11. The Bertz CT molecular complexity index is 455. The van der Waals surface area contributed by atoms with Gasteiger partial charge in [-0.2, -0.15) is 0 Å². The van der Waals surface area contributed by atoms with Crippen LogP contribution in [0.25, 0.3) is 0 Å². The number of hydrogen-bond donors (Lipinski definition) is 2. The van der Waals surface area contributed by atoms with Gasteiger partial charge in [-0.15, -0.1) is 0 Å². The molecule has 1 aromatic carbocycles. The second kappa shape index (κ2) is 6.14. The highest BCUT2D eigenvalue weighted by molar-refractivity contribution is 7.88. The first-order valence-electron chi connectivity index (χ1n) is 5.65. The van der Waals surface area contributed by atoms with Crippen molar-refractivity contribution in [2.45, 2.75) is 32.2 Å².